The Morgan fingerprint density at radius 3 is 2.79 bits per heavy atom. The summed E-state index contributed by atoms with van der Waals surface area (Å²) in [5.41, 5.74) is 1.05. The van der Waals surface area contributed by atoms with E-state index < -0.39 is 0 Å². The maximum Gasteiger partial charge on any atom is 0.251 e. The second-order valence-corrected chi connectivity index (χ2v) is 4.29. The van der Waals surface area contributed by atoms with Crippen molar-refractivity contribution < 1.29 is 9.53 Å². The number of nitrogens with one attached hydrogen (secondary N) is 1. The van der Waals surface area contributed by atoms with Gasteiger partial charge < -0.3 is 14.6 Å². The average molecular weight is 324 g/mol. The smallest absolute Gasteiger partial charge is 0.251 e. The van der Waals surface area contributed by atoms with Gasteiger partial charge in [0.1, 0.15) is 11.3 Å². The number of carbonyl (C=O) groups excluding carboxylic acids is 1. The number of hydrogen-bond donors (Lipinski definition) is 1. The molecule has 0 spiro atoms. The third-order valence-electron chi connectivity index (χ3n) is 2.55. The normalized spacial score (nSPS) is 10.2. The molecule has 0 radical (unpaired) electrons. The van der Waals surface area contributed by atoms with Gasteiger partial charge in [0.05, 0.1) is 6.33 Å². The lowest BCUT2D eigenvalue weighted by Gasteiger charge is -2.07. The summed E-state index contributed by atoms with van der Waals surface area (Å²) in [6.45, 7) is 1.27. The molecule has 100 valence electrons. The molecule has 1 aromatic carbocycles. The van der Waals surface area contributed by atoms with Gasteiger partial charge in [-0.2, -0.15) is 0 Å². The van der Waals surface area contributed by atoms with Crippen LogP contribution in [0.2, 0.25) is 0 Å². The number of carbonyl (C=O) groups is 1. The summed E-state index contributed by atoms with van der Waals surface area (Å²) in [4.78, 5) is 15.8. The minimum Gasteiger partial charge on any atom is -0.482 e. The number of imidazole rings is 1. The predicted molar refractivity (Wildman–Crippen MR) is 75.4 cm³/mol. The standard InChI is InChI=1S/C13H14BrN3O2/c14-9-19-12-3-1-11(2-4-12)13(18)16-6-8-17-7-5-15-10-17/h1-5,7,10H,6,8-9H2,(H,16,18). The molecule has 1 heterocycles. The summed E-state index contributed by atoms with van der Waals surface area (Å²) in [5.74, 6) is 0.636. The lowest BCUT2D eigenvalue weighted by atomic mass is 10.2. The molecular formula is C13H14BrN3O2. The van der Waals surface area contributed by atoms with E-state index in [1.54, 1.807) is 36.8 Å². The van der Waals surface area contributed by atoms with Gasteiger partial charge in [0.15, 0.2) is 0 Å². The van der Waals surface area contributed by atoms with E-state index in [0.717, 1.165) is 5.75 Å². The van der Waals surface area contributed by atoms with Gasteiger partial charge >= 0.3 is 0 Å². The largest absolute Gasteiger partial charge is 0.482 e. The Morgan fingerprint density at radius 2 is 2.16 bits per heavy atom. The van der Waals surface area contributed by atoms with Crippen molar-refractivity contribution in [1.82, 2.24) is 14.9 Å². The maximum atomic E-state index is 11.9. The number of rotatable bonds is 6. The summed E-state index contributed by atoms with van der Waals surface area (Å²) in [7, 11) is 0. The quantitative estimate of drug-likeness (QED) is 0.828. The van der Waals surface area contributed by atoms with Gasteiger partial charge in [0, 0.05) is 31.0 Å². The van der Waals surface area contributed by atoms with Gasteiger partial charge in [-0.3, -0.25) is 4.79 Å². The summed E-state index contributed by atoms with van der Waals surface area (Å²) < 4.78 is 7.16. The Hall–Kier alpha value is -1.82. The molecule has 0 saturated carbocycles. The predicted octanol–water partition coefficient (Wildman–Crippen LogP) is 2.04. The van der Waals surface area contributed by atoms with E-state index in [-0.39, 0.29) is 5.91 Å². The zero-order valence-electron chi connectivity index (χ0n) is 10.3. The zero-order chi connectivity index (χ0) is 13.5. The van der Waals surface area contributed by atoms with Gasteiger partial charge in [0.2, 0.25) is 0 Å². The molecule has 0 bridgehead atoms. The van der Waals surface area contributed by atoms with E-state index in [9.17, 15) is 4.79 Å². The van der Waals surface area contributed by atoms with Crippen LogP contribution in [0.1, 0.15) is 10.4 Å². The molecule has 0 atom stereocenters. The molecule has 1 amide bonds. The Kier molecular flexibility index (Phi) is 4.97. The molecule has 19 heavy (non-hydrogen) atoms. The molecule has 0 unspecified atom stereocenters. The number of hydrogen-bond acceptors (Lipinski definition) is 3. The summed E-state index contributed by atoms with van der Waals surface area (Å²) in [6, 6.07) is 7.02. The van der Waals surface area contributed by atoms with E-state index in [1.165, 1.54) is 0 Å². The second kappa shape index (κ2) is 6.94. The van der Waals surface area contributed by atoms with E-state index in [1.807, 2.05) is 10.8 Å². The van der Waals surface area contributed by atoms with Crippen molar-refractivity contribution in [2.24, 2.45) is 0 Å². The minimum atomic E-state index is -0.0921. The van der Waals surface area contributed by atoms with Crippen molar-refractivity contribution in [2.75, 3.05) is 12.1 Å². The van der Waals surface area contributed by atoms with Crippen LogP contribution in [0.4, 0.5) is 0 Å². The topological polar surface area (TPSA) is 56.2 Å². The number of ether oxygens (including phenoxy) is 1. The van der Waals surface area contributed by atoms with Gasteiger partial charge in [-0.25, -0.2) is 4.98 Å². The molecule has 2 rings (SSSR count). The van der Waals surface area contributed by atoms with Gasteiger partial charge in [-0.15, -0.1) is 0 Å². The fourth-order valence-electron chi connectivity index (χ4n) is 1.59. The van der Waals surface area contributed by atoms with Crippen LogP contribution in [0.3, 0.4) is 0 Å². The number of benzene rings is 1. The SMILES string of the molecule is O=C(NCCn1ccnc1)c1ccc(OCBr)cc1. The van der Waals surface area contributed by atoms with Crippen molar-refractivity contribution >= 4 is 21.8 Å². The summed E-state index contributed by atoms with van der Waals surface area (Å²) >= 11 is 3.18. The monoisotopic (exact) mass is 323 g/mol. The minimum absolute atomic E-state index is 0.0921. The van der Waals surface area contributed by atoms with Crippen molar-refractivity contribution in [2.45, 2.75) is 6.54 Å². The van der Waals surface area contributed by atoms with E-state index in [2.05, 4.69) is 26.2 Å². The third-order valence-corrected chi connectivity index (χ3v) is 2.78. The number of amides is 1. The Labute approximate surface area is 119 Å². The Bertz CT molecular complexity index is 511. The lowest BCUT2D eigenvalue weighted by Crippen LogP contribution is -2.26. The highest BCUT2D eigenvalue weighted by Crippen LogP contribution is 2.12. The van der Waals surface area contributed by atoms with Gasteiger partial charge in [0.25, 0.3) is 5.91 Å². The molecule has 1 N–H and O–H groups in total. The lowest BCUT2D eigenvalue weighted by molar-refractivity contribution is 0.0952. The fourth-order valence-corrected chi connectivity index (χ4v) is 1.85. The van der Waals surface area contributed by atoms with Crippen LogP contribution in [0, 0.1) is 0 Å². The molecule has 0 aliphatic rings. The molecule has 0 aliphatic heterocycles. The van der Waals surface area contributed by atoms with Crippen LogP contribution in [0.5, 0.6) is 5.75 Å². The first-order chi connectivity index (χ1) is 9.29. The highest BCUT2D eigenvalue weighted by atomic mass is 79.9. The molecule has 0 saturated heterocycles. The first kappa shape index (κ1) is 13.6. The van der Waals surface area contributed by atoms with Gasteiger partial charge in [-0.1, -0.05) is 0 Å². The van der Waals surface area contributed by atoms with Crippen molar-refractivity contribution in [3.8, 4) is 5.75 Å². The zero-order valence-corrected chi connectivity index (χ0v) is 11.8. The van der Waals surface area contributed by atoms with E-state index >= 15 is 0 Å². The maximum absolute atomic E-state index is 11.9. The average Bonchev–Trinajstić information content (AvgIpc) is 2.93. The third kappa shape index (κ3) is 4.10. The first-order valence-corrected chi connectivity index (χ1v) is 6.94. The molecule has 2 aromatic rings. The Morgan fingerprint density at radius 1 is 1.37 bits per heavy atom. The second-order valence-electron chi connectivity index (χ2n) is 3.83. The first-order valence-electron chi connectivity index (χ1n) is 5.82. The highest BCUT2D eigenvalue weighted by molar-refractivity contribution is 9.09. The summed E-state index contributed by atoms with van der Waals surface area (Å²) in [5, 5.41) is 2.85. The van der Waals surface area contributed by atoms with Crippen LogP contribution in [0.25, 0.3) is 0 Å². The van der Waals surface area contributed by atoms with Crippen LogP contribution in [-0.2, 0) is 6.54 Å². The fraction of sp³-hybridized carbons (Fsp3) is 0.231. The van der Waals surface area contributed by atoms with Crippen LogP contribution in [0.15, 0.2) is 43.0 Å². The van der Waals surface area contributed by atoms with Crippen molar-refractivity contribution in [1.29, 1.82) is 0 Å². The van der Waals surface area contributed by atoms with E-state index in [0.29, 0.717) is 24.2 Å². The van der Waals surface area contributed by atoms with Crippen LogP contribution < -0.4 is 10.1 Å². The number of halogens is 1. The molecule has 1 aromatic heterocycles. The molecule has 0 fully saturated rings. The highest BCUT2D eigenvalue weighted by Gasteiger charge is 2.04. The molecule has 0 aliphatic carbocycles. The van der Waals surface area contributed by atoms with Crippen LogP contribution in [-0.4, -0.2) is 27.5 Å². The molecule has 6 heteroatoms. The summed E-state index contributed by atoms with van der Waals surface area (Å²) in [6.07, 6.45) is 5.29. The number of nitrogens with zero attached hydrogens (tertiary/aromatic N) is 2. The van der Waals surface area contributed by atoms with E-state index in [4.69, 9.17) is 4.74 Å². The van der Waals surface area contributed by atoms with Crippen molar-refractivity contribution in [3.63, 3.8) is 0 Å². The van der Waals surface area contributed by atoms with Crippen molar-refractivity contribution in [3.05, 3.63) is 48.5 Å². The molecule has 5 nitrogen and oxygen atoms in total. The number of alkyl halides is 1. The molecular weight excluding hydrogens is 310 g/mol. The van der Waals surface area contributed by atoms with Crippen LogP contribution >= 0.6 is 15.9 Å². The number of aromatic nitrogens is 2. The van der Waals surface area contributed by atoms with Gasteiger partial charge in [-0.05, 0) is 40.2 Å². The Balaban J connectivity index is 1.82.